The number of hydrogen-bond donors (Lipinski definition) is 2. The van der Waals surface area contributed by atoms with Crippen LogP contribution in [0.1, 0.15) is 38.3 Å². The molecule has 19 heavy (non-hydrogen) atoms. The van der Waals surface area contributed by atoms with Crippen molar-refractivity contribution in [3.05, 3.63) is 35.9 Å². The third kappa shape index (κ3) is 4.03. The van der Waals surface area contributed by atoms with Crippen LogP contribution in [0.4, 0.5) is 0 Å². The van der Waals surface area contributed by atoms with Crippen molar-refractivity contribution in [3.8, 4) is 0 Å². The summed E-state index contributed by atoms with van der Waals surface area (Å²) in [4.78, 5) is 2.54. The summed E-state index contributed by atoms with van der Waals surface area (Å²) >= 11 is 0. The lowest BCUT2D eigenvalue weighted by Crippen LogP contribution is -2.39. The maximum absolute atomic E-state index is 8.95. The molecule has 0 bridgehead atoms. The standard InChI is InChI=1S/C16H26N2O/c1-13(9-11-19)17-16-8-10-18(12-16)14(2)15-6-4-3-5-7-15/h3-7,13-14,16-17,19H,8-12H2,1-2H3. The maximum atomic E-state index is 8.95. The van der Waals surface area contributed by atoms with Gasteiger partial charge in [-0.15, -0.1) is 0 Å². The molecule has 0 aromatic heterocycles. The first-order valence-electron chi connectivity index (χ1n) is 7.36. The Morgan fingerprint density at radius 2 is 2.05 bits per heavy atom. The van der Waals surface area contributed by atoms with E-state index >= 15 is 0 Å². The zero-order chi connectivity index (χ0) is 13.7. The van der Waals surface area contributed by atoms with Crippen molar-refractivity contribution in [3.63, 3.8) is 0 Å². The largest absolute Gasteiger partial charge is 0.396 e. The molecule has 1 aliphatic rings. The zero-order valence-corrected chi connectivity index (χ0v) is 12.0. The predicted octanol–water partition coefficient (Wildman–Crippen LogP) is 2.18. The highest BCUT2D eigenvalue weighted by molar-refractivity contribution is 5.18. The van der Waals surface area contributed by atoms with Crippen LogP contribution in [0.15, 0.2) is 30.3 Å². The first-order chi connectivity index (χ1) is 9.20. The summed E-state index contributed by atoms with van der Waals surface area (Å²) in [6.45, 7) is 6.96. The molecule has 3 nitrogen and oxygen atoms in total. The highest BCUT2D eigenvalue weighted by Gasteiger charge is 2.27. The van der Waals surface area contributed by atoms with Crippen molar-refractivity contribution in [2.75, 3.05) is 19.7 Å². The SMILES string of the molecule is CC(CCO)NC1CCN(C(C)c2ccccc2)C1. The van der Waals surface area contributed by atoms with Gasteiger partial charge in [0.05, 0.1) is 0 Å². The first kappa shape index (κ1) is 14.5. The maximum Gasteiger partial charge on any atom is 0.0445 e. The fourth-order valence-electron chi connectivity index (χ4n) is 2.90. The molecule has 0 radical (unpaired) electrons. The summed E-state index contributed by atoms with van der Waals surface area (Å²) in [5.74, 6) is 0. The van der Waals surface area contributed by atoms with Crippen LogP contribution in [-0.4, -0.2) is 41.8 Å². The molecule has 1 fully saturated rings. The molecular weight excluding hydrogens is 236 g/mol. The number of nitrogens with zero attached hydrogens (tertiary/aromatic N) is 1. The number of likely N-dealkylation sites (tertiary alicyclic amines) is 1. The Kier molecular flexibility index (Phi) is 5.37. The van der Waals surface area contributed by atoms with E-state index in [0.29, 0.717) is 18.1 Å². The smallest absolute Gasteiger partial charge is 0.0445 e. The van der Waals surface area contributed by atoms with E-state index in [2.05, 4.69) is 54.4 Å². The molecule has 0 spiro atoms. The molecule has 0 saturated carbocycles. The minimum Gasteiger partial charge on any atom is -0.396 e. The monoisotopic (exact) mass is 262 g/mol. The Labute approximate surface area is 116 Å². The fourth-order valence-corrected chi connectivity index (χ4v) is 2.90. The highest BCUT2D eigenvalue weighted by atomic mass is 16.3. The van der Waals surface area contributed by atoms with Crippen LogP contribution in [0.3, 0.4) is 0 Å². The van der Waals surface area contributed by atoms with Gasteiger partial charge in [0, 0.05) is 37.8 Å². The second-order valence-corrected chi connectivity index (χ2v) is 5.65. The lowest BCUT2D eigenvalue weighted by Gasteiger charge is -2.25. The van der Waals surface area contributed by atoms with Crippen LogP contribution in [0, 0.1) is 0 Å². The molecule has 1 aromatic carbocycles. The van der Waals surface area contributed by atoms with Gasteiger partial charge >= 0.3 is 0 Å². The minimum atomic E-state index is 0.269. The van der Waals surface area contributed by atoms with E-state index in [9.17, 15) is 0 Å². The lowest BCUT2D eigenvalue weighted by atomic mass is 10.1. The van der Waals surface area contributed by atoms with E-state index < -0.39 is 0 Å². The van der Waals surface area contributed by atoms with E-state index in [1.165, 1.54) is 12.0 Å². The average Bonchev–Trinajstić information content (AvgIpc) is 2.87. The summed E-state index contributed by atoms with van der Waals surface area (Å²) in [6.07, 6.45) is 2.04. The van der Waals surface area contributed by atoms with Gasteiger partial charge in [0.1, 0.15) is 0 Å². The second kappa shape index (κ2) is 7.04. The van der Waals surface area contributed by atoms with Gasteiger partial charge in [0.2, 0.25) is 0 Å². The zero-order valence-electron chi connectivity index (χ0n) is 12.0. The number of benzene rings is 1. The third-order valence-corrected chi connectivity index (χ3v) is 4.13. The summed E-state index contributed by atoms with van der Waals surface area (Å²) in [7, 11) is 0. The Morgan fingerprint density at radius 1 is 1.32 bits per heavy atom. The fraction of sp³-hybridized carbons (Fsp3) is 0.625. The third-order valence-electron chi connectivity index (χ3n) is 4.13. The lowest BCUT2D eigenvalue weighted by molar-refractivity contribution is 0.244. The number of aliphatic hydroxyl groups excluding tert-OH is 1. The molecule has 106 valence electrons. The number of aliphatic hydroxyl groups is 1. The molecule has 1 heterocycles. The Bertz CT molecular complexity index is 368. The number of rotatable bonds is 6. The molecule has 3 atom stereocenters. The van der Waals surface area contributed by atoms with E-state index in [0.717, 1.165) is 19.5 Å². The van der Waals surface area contributed by atoms with Crippen LogP contribution in [0.2, 0.25) is 0 Å². The molecular formula is C16H26N2O. The van der Waals surface area contributed by atoms with E-state index in [-0.39, 0.29) is 6.61 Å². The summed E-state index contributed by atoms with van der Waals surface area (Å²) in [5.41, 5.74) is 1.39. The van der Waals surface area contributed by atoms with Gasteiger partial charge in [-0.25, -0.2) is 0 Å². The quantitative estimate of drug-likeness (QED) is 0.825. The normalized spacial score (nSPS) is 23.4. The van der Waals surface area contributed by atoms with Crippen LogP contribution in [-0.2, 0) is 0 Å². The van der Waals surface area contributed by atoms with Gasteiger partial charge < -0.3 is 10.4 Å². The van der Waals surface area contributed by atoms with Crippen molar-refractivity contribution in [1.29, 1.82) is 0 Å². The van der Waals surface area contributed by atoms with Crippen LogP contribution in [0.25, 0.3) is 0 Å². The summed E-state index contributed by atoms with van der Waals surface area (Å²) in [5, 5.41) is 12.6. The first-order valence-corrected chi connectivity index (χ1v) is 7.36. The van der Waals surface area contributed by atoms with Gasteiger partial charge in [-0.1, -0.05) is 30.3 Å². The molecule has 2 N–H and O–H groups in total. The Balaban J connectivity index is 1.84. The van der Waals surface area contributed by atoms with Gasteiger partial charge in [0.25, 0.3) is 0 Å². The van der Waals surface area contributed by atoms with E-state index in [1.807, 2.05) is 0 Å². The van der Waals surface area contributed by atoms with Crippen molar-refractivity contribution >= 4 is 0 Å². The van der Waals surface area contributed by atoms with Gasteiger partial charge in [-0.3, -0.25) is 4.90 Å². The highest BCUT2D eigenvalue weighted by Crippen LogP contribution is 2.24. The van der Waals surface area contributed by atoms with E-state index in [4.69, 9.17) is 5.11 Å². The minimum absolute atomic E-state index is 0.269. The molecule has 3 unspecified atom stereocenters. The van der Waals surface area contributed by atoms with Crippen molar-refractivity contribution in [2.24, 2.45) is 0 Å². The molecule has 1 aliphatic heterocycles. The number of hydrogen-bond acceptors (Lipinski definition) is 3. The second-order valence-electron chi connectivity index (χ2n) is 5.65. The van der Waals surface area contributed by atoms with Crippen molar-refractivity contribution in [1.82, 2.24) is 10.2 Å². The molecule has 3 heteroatoms. The van der Waals surface area contributed by atoms with Crippen LogP contribution in [0.5, 0.6) is 0 Å². The average molecular weight is 262 g/mol. The van der Waals surface area contributed by atoms with Crippen LogP contribution < -0.4 is 5.32 Å². The molecule has 2 rings (SSSR count). The van der Waals surface area contributed by atoms with Gasteiger partial charge in [0.15, 0.2) is 0 Å². The van der Waals surface area contributed by atoms with Gasteiger partial charge in [-0.2, -0.15) is 0 Å². The summed E-state index contributed by atoms with van der Waals surface area (Å²) < 4.78 is 0. The predicted molar refractivity (Wildman–Crippen MR) is 79.1 cm³/mol. The van der Waals surface area contributed by atoms with Crippen molar-refractivity contribution < 1.29 is 5.11 Å². The van der Waals surface area contributed by atoms with Crippen LogP contribution >= 0.6 is 0 Å². The molecule has 0 amide bonds. The van der Waals surface area contributed by atoms with Gasteiger partial charge in [-0.05, 0) is 32.3 Å². The molecule has 1 aromatic rings. The van der Waals surface area contributed by atoms with Crippen molar-refractivity contribution in [2.45, 2.75) is 44.8 Å². The molecule has 1 saturated heterocycles. The topological polar surface area (TPSA) is 35.5 Å². The number of nitrogens with one attached hydrogen (secondary N) is 1. The Hall–Kier alpha value is -0.900. The van der Waals surface area contributed by atoms with E-state index in [1.54, 1.807) is 0 Å². The Morgan fingerprint density at radius 3 is 2.74 bits per heavy atom. The summed E-state index contributed by atoms with van der Waals surface area (Å²) in [6, 6.07) is 12.2. The molecule has 0 aliphatic carbocycles.